The first-order valence-electron chi connectivity index (χ1n) is 9.14. The number of piperazine rings is 1. The summed E-state index contributed by atoms with van der Waals surface area (Å²) in [5.41, 5.74) is 2.60. The Kier molecular flexibility index (Phi) is 4.84. The number of H-pyrrole nitrogens is 2. The molecule has 158 valence electrons. The third-order valence-electron chi connectivity index (χ3n) is 4.93. The molecule has 3 N–H and O–H groups in total. The number of aryl methyl sites for hydroxylation is 1. The SMILES string of the molecule is Cc1cc(Nc2ncc3c(=O)[nH][nH]c3n2)ccc1N1CCN(C(=O)C(F)(F)F)CC1. The fourth-order valence-corrected chi connectivity index (χ4v) is 3.43. The van der Waals surface area contributed by atoms with Crippen molar-refractivity contribution in [1.82, 2.24) is 25.1 Å². The summed E-state index contributed by atoms with van der Waals surface area (Å²) in [5.74, 6) is -1.48. The highest BCUT2D eigenvalue weighted by Crippen LogP contribution is 2.27. The number of rotatable bonds is 3. The van der Waals surface area contributed by atoms with Gasteiger partial charge in [-0.25, -0.2) is 4.98 Å². The summed E-state index contributed by atoms with van der Waals surface area (Å²) >= 11 is 0. The minimum atomic E-state index is -4.84. The fraction of sp³-hybridized carbons (Fsp3) is 0.333. The van der Waals surface area contributed by atoms with Gasteiger partial charge in [-0.05, 0) is 30.7 Å². The molecular weight excluding hydrogens is 403 g/mol. The first-order valence-corrected chi connectivity index (χ1v) is 9.14. The molecule has 0 radical (unpaired) electrons. The zero-order chi connectivity index (χ0) is 21.5. The van der Waals surface area contributed by atoms with Gasteiger partial charge in [0.1, 0.15) is 5.39 Å². The van der Waals surface area contributed by atoms with Crippen LogP contribution in [0.2, 0.25) is 0 Å². The molecule has 0 bridgehead atoms. The van der Waals surface area contributed by atoms with Crippen molar-refractivity contribution >= 4 is 34.3 Å². The van der Waals surface area contributed by atoms with E-state index in [2.05, 4.69) is 25.5 Å². The zero-order valence-corrected chi connectivity index (χ0v) is 15.9. The Morgan fingerprint density at radius 1 is 1.17 bits per heavy atom. The number of nitrogens with zero attached hydrogens (tertiary/aromatic N) is 4. The second kappa shape index (κ2) is 7.35. The Morgan fingerprint density at radius 3 is 2.57 bits per heavy atom. The number of amides is 1. The first kappa shape index (κ1) is 19.7. The van der Waals surface area contributed by atoms with Gasteiger partial charge in [-0.2, -0.15) is 18.2 Å². The van der Waals surface area contributed by atoms with Gasteiger partial charge in [0.2, 0.25) is 5.95 Å². The van der Waals surface area contributed by atoms with Gasteiger partial charge in [0, 0.05) is 43.8 Å². The molecule has 12 heteroatoms. The molecule has 30 heavy (non-hydrogen) atoms. The van der Waals surface area contributed by atoms with Gasteiger partial charge in [-0.15, -0.1) is 0 Å². The van der Waals surface area contributed by atoms with Crippen LogP contribution in [0.5, 0.6) is 0 Å². The maximum absolute atomic E-state index is 12.6. The first-order chi connectivity index (χ1) is 14.2. The van der Waals surface area contributed by atoms with Gasteiger partial charge in [-0.3, -0.25) is 19.8 Å². The van der Waals surface area contributed by atoms with Crippen LogP contribution in [-0.2, 0) is 4.79 Å². The standard InChI is InChI=1S/C18H18F3N7O2/c1-10-8-11(23-17-22-9-12-14(24-17)25-26-15(12)29)2-3-13(10)27-4-6-28(7-5-27)16(30)18(19,20)21/h2-3,8-9H,4-7H2,1H3,(H3,22,23,24,25,26,29). The lowest BCUT2D eigenvalue weighted by molar-refractivity contribution is -0.185. The van der Waals surface area contributed by atoms with Crippen molar-refractivity contribution in [2.75, 3.05) is 36.4 Å². The Morgan fingerprint density at radius 2 is 1.90 bits per heavy atom. The fourth-order valence-electron chi connectivity index (χ4n) is 3.43. The number of carbonyl (C=O) groups is 1. The highest BCUT2D eigenvalue weighted by molar-refractivity contribution is 5.82. The molecule has 0 atom stereocenters. The average Bonchev–Trinajstić information content (AvgIpc) is 3.07. The van der Waals surface area contributed by atoms with E-state index in [0.717, 1.165) is 21.8 Å². The third-order valence-corrected chi connectivity index (χ3v) is 4.93. The maximum atomic E-state index is 12.6. The molecule has 1 aliphatic heterocycles. The zero-order valence-electron chi connectivity index (χ0n) is 15.9. The Balaban J connectivity index is 1.44. The summed E-state index contributed by atoms with van der Waals surface area (Å²) in [6.45, 7) is 2.55. The highest BCUT2D eigenvalue weighted by Gasteiger charge is 2.43. The monoisotopic (exact) mass is 421 g/mol. The van der Waals surface area contributed by atoms with E-state index in [1.165, 1.54) is 6.20 Å². The second-order valence-electron chi connectivity index (χ2n) is 6.94. The number of halogens is 3. The Hall–Kier alpha value is -3.57. The largest absolute Gasteiger partial charge is 0.471 e. The lowest BCUT2D eigenvalue weighted by Gasteiger charge is -2.37. The van der Waals surface area contributed by atoms with Crippen molar-refractivity contribution in [2.24, 2.45) is 0 Å². The van der Waals surface area contributed by atoms with Crippen LogP contribution < -0.4 is 15.8 Å². The molecule has 1 saturated heterocycles. The van der Waals surface area contributed by atoms with Crippen molar-refractivity contribution in [3.63, 3.8) is 0 Å². The maximum Gasteiger partial charge on any atom is 0.471 e. The van der Waals surface area contributed by atoms with Crippen molar-refractivity contribution in [3.05, 3.63) is 40.3 Å². The highest BCUT2D eigenvalue weighted by atomic mass is 19.4. The molecule has 1 aromatic carbocycles. The van der Waals surface area contributed by atoms with E-state index in [-0.39, 0.29) is 18.6 Å². The molecule has 1 aliphatic rings. The van der Waals surface area contributed by atoms with E-state index < -0.39 is 12.1 Å². The van der Waals surface area contributed by atoms with Gasteiger partial charge >= 0.3 is 12.1 Å². The third kappa shape index (κ3) is 3.80. The molecule has 4 rings (SSSR count). The van der Waals surface area contributed by atoms with E-state index in [9.17, 15) is 22.8 Å². The van der Waals surface area contributed by atoms with Crippen LogP contribution in [0.25, 0.3) is 11.0 Å². The molecule has 3 heterocycles. The number of fused-ring (bicyclic) bond motifs is 1. The smallest absolute Gasteiger partial charge is 0.368 e. The lowest BCUT2D eigenvalue weighted by atomic mass is 10.1. The summed E-state index contributed by atoms with van der Waals surface area (Å²) < 4.78 is 37.8. The summed E-state index contributed by atoms with van der Waals surface area (Å²) in [6.07, 6.45) is -3.42. The van der Waals surface area contributed by atoms with Crippen molar-refractivity contribution in [2.45, 2.75) is 13.1 Å². The summed E-state index contributed by atoms with van der Waals surface area (Å²) in [7, 11) is 0. The molecule has 0 spiro atoms. The molecule has 0 saturated carbocycles. The average molecular weight is 421 g/mol. The molecular formula is C18H18F3N7O2. The number of benzene rings is 1. The molecule has 1 fully saturated rings. The van der Waals surface area contributed by atoms with Crippen LogP contribution in [0.3, 0.4) is 0 Å². The Labute approximate surface area is 167 Å². The van der Waals surface area contributed by atoms with Crippen LogP contribution in [-0.4, -0.2) is 63.3 Å². The number of aromatic nitrogens is 4. The normalized spacial score (nSPS) is 14.9. The summed E-state index contributed by atoms with van der Waals surface area (Å²) in [5, 5.41) is 8.52. The molecule has 3 aromatic rings. The second-order valence-corrected chi connectivity index (χ2v) is 6.94. The number of aromatic amines is 2. The van der Waals surface area contributed by atoms with Crippen LogP contribution >= 0.6 is 0 Å². The summed E-state index contributed by atoms with van der Waals surface area (Å²) in [6, 6.07) is 5.54. The number of hydrogen-bond acceptors (Lipinski definition) is 6. The van der Waals surface area contributed by atoms with Gasteiger partial charge in [0.15, 0.2) is 5.65 Å². The molecule has 0 aliphatic carbocycles. The van der Waals surface area contributed by atoms with Crippen LogP contribution in [0, 0.1) is 6.92 Å². The number of alkyl halides is 3. The Bertz CT molecular complexity index is 1150. The minimum Gasteiger partial charge on any atom is -0.368 e. The van der Waals surface area contributed by atoms with E-state index in [0.29, 0.717) is 30.1 Å². The van der Waals surface area contributed by atoms with E-state index in [1.807, 2.05) is 30.0 Å². The minimum absolute atomic E-state index is 0.0144. The molecule has 1 amide bonds. The van der Waals surface area contributed by atoms with Crippen molar-refractivity contribution in [3.8, 4) is 0 Å². The van der Waals surface area contributed by atoms with Crippen molar-refractivity contribution in [1.29, 1.82) is 0 Å². The van der Waals surface area contributed by atoms with E-state index in [4.69, 9.17) is 0 Å². The molecule has 2 aromatic heterocycles. The van der Waals surface area contributed by atoms with Crippen LogP contribution in [0.4, 0.5) is 30.5 Å². The van der Waals surface area contributed by atoms with Gasteiger partial charge < -0.3 is 15.1 Å². The van der Waals surface area contributed by atoms with Gasteiger partial charge in [0.25, 0.3) is 5.56 Å². The summed E-state index contributed by atoms with van der Waals surface area (Å²) in [4.78, 5) is 34.0. The van der Waals surface area contributed by atoms with Gasteiger partial charge in [-0.1, -0.05) is 0 Å². The van der Waals surface area contributed by atoms with Crippen LogP contribution in [0.15, 0.2) is 29.2 Å². The van der Waals surface area contributed by atoms with Crippen LogP contribution in [0.1, 0.15) is 5.56 Å². The molecule has 0 unspecified atom stereocenters. The van der Waals surface area contributed by atoms with Gasteiger partial charge in [0.05, 0.1) is 0 Å². The predicted octanol–water partition coefficient (Wildman–Crippen LogP) is 1.91. The number of hydrogen-bond donors (Lipinski definition) is 3. The van der Waals surface area contributed by atoms with E-state index in [1.54, 1.807) is 0 Å². The van der Waals surface area contributed by atoms with E-state index >= 15 is 0 Å². The predicted molar refractivity (Wildman–Crippen MR) is 104 cm³/mol. The number of carbonyl (C=O) groups excluding carboxylic acids is 1. The molecule has 9 nitrogen and oxygen atoms in total. The number of anilines is 3. The number of nitrogens with one attached hydrogen (secondary N) is 3. The lowest BCUT2D eigenvalue weighted by Crippen LogP contribution is -2.52. The quantitative estimate of drug-likeness (QED) is 0.596. The topological polar surface area (TPSA) is 110 Å². The van der Waals surface area contributed by atoms with Crippen molar-refractivity contribution < 1.29 is 18.0 Å².